The Morgan fingerprint density at radius 2 is 2.00 bits per heavy atom. The van der Waals surface area contributed by atoms with E-state index in [1.807, 2.05) is 36.4 Å². The summed E-state index contributed by atoms with van der Waals surface area (Å²) in [5.41, 5.74) is 0.772. The number of amides is 1. The molecule has 3 nitrogen and oxygen atoms in total. The number of thiophene rings is 1. The van der Waals surface area contributed by atoms with Crippen LogP contribution in [-0.2, 0) is 0 Å². The van der Waals surface area contributed by atoms with Crippen LogP contribution in [0.5, 0.6) is 0 Å². The van der Waals surface area contributed by atoms with Gasteiger partial charge in [-0.05, 0) is 24.3 Å². The number of hydrogen-bond donors (Lipinski definition) is 2. The lowest BCUT2D eigenvalue weighted by Crippen LogP contribution is -2.09. The van der Waals surface area contributed by atoms with Crippen LogP contribution in [0, 0.1) is 11.8 Å². The van der Waals surface area contributed by atoms with Crippen LogP contribution >= 0.6 is 11.3 Å². The van der Waals surface area contributed by atoms with Crippen LogP contribution in [0.15, 0.2) is 42.5 Å². The molecule has 2 rings (SSSR count). The number of aliphatic hydroxyl groups is 1. The Balaban J connectivity index is 2.03. The van der Waals surface area contributed by atoms with E-state index in [0.29, 0.717) is 11.3 Å². The predicted octanol–water partition coefficient (Wildman–Crippen LogP) is 2.73. The van der Waals surface area contributed by atoms with E-state index in [4.69, 9.17) is 5.11 Å². The van der Waals surface area contributed by atoms with Crippen molar-refractivity contribution in [2.24, 2.45) is 0 Å². The van der Waals surface area contributed by atoms with Crippen molar-refractivity contribution in [1.82, 2.24) is 0 Å². The molecule has 0 saturated carbocycles. The molecule has 19 heavy (non-hydrogen) atoms. The number of anilines is 1. The standard InChI is InChI=1S/C15H13NO2S/c17-11-5-4-8-13-9-10-14(19-13)15(18)16-12-6-2-1-3-7-12/h1-3,6-7,9-10,17H,5,11H2,(H,16,18). The van der Waals surface area contributed by atoms with Gasteiger partial charge >= 0.3 is 0 Å². The maximum atomic E-state index is 12.0. The third-order valence-electron chi connectivity index (χ3n) is 2.31. The van der Waals surface area contributed by atoms with E-state index in [2.05, 4.69) is 17.2 Å². The number of para-hydroxylation sites is 1. The van der Waals surface area contributed by atoms with Gasteiger partial charge in [0.25, 0.3) is 5.91 Å². The van der Waals surface area contributed by atoms with Gasteiger partial charge in [-0.3, -0.25) is 4.79 Å². The van der Waals surface area contributed by atoms with Gasteiger partial charge in [0, 0.05) is 12.1 Å². The van der Waals surface area contributed by atoms with Gasteiger partial charge < -0.3 is 10.4 Å². The molecular formula is C15H13NO2S. The molecule has 0 aliphatic heterocycles. The quantitative estimate of drug-likeness (QED) is 0.843. The fourth-order valence-corrected chi connectivity index (χ4v) is 2.22. The van der Waals surface area contributed by atoms with Gasteiger partial charge in [0.15, 0.2) is 0 Å². The lowest BCUT2D eigenvalue weighted by Gasteiger charge is -2.01. The zero-order chi connectivity index (χ0) is 13.5. The van der Waals surface area contributed by atoms with E-state index in [-0.39, 0.29) is 12.5 Å². The van der Waals surface area contributed by atoms with Crippen molar-refractivity contribution in [3.8, 4) is 11.8 Å². The maximum Gasteiger partial charge on any atom is 0.265 e. The molecular weight excluding hydrogens is 258 g/mol. The Bertz CT molecular complexity index is 608. The number of carbonyl (C=O) groups excluding carboxylic acids is 1. The van der Waals surface area contributed by atoms with E-state index in [1.165, 1.54) is 11.3 Å². The van der Waals surface area contributed by atoms with Crippen LogP contribution in [0.4, 0.5) is 5.69 Å². The van der Waals surface area contributed by atoms with Crippen molar-refractivity contribution < 1.29 is 9.90 Å². The molecule has 0 saturated heterocycles. The summed E-state index contributed by atoms with van der Waals surface area (Å²) in [6.07, 6.45) is 0.448. The number of benzene rings is 1. The Kier molecular flexibility index (Phi) is 4.73. The van der Waals surface area contributed by atoms with Crippen LogP contribution in [0.2, 0.25) is 0 Å². The van der Waals surface area contributed by atoms with Crippen molar-refractivity contribution >= 4 is 22.9 Å². The van der Waals surface area contributed by atoms with Crippen LogP contribution < -0.4 is 5.32 Å². The first-order chi connectivity index (χ1) is 9.29. The van der Waals surface area contributed by atoms with Crippen molar-refractivity contribution in [3.63, 3.8) is 0 Å². The molecule has 2 aromatic rings. The SMILES string of the molecule is O=C(Nc1ccccc1)c1ccc(C#CCCO)s1. The summed E-state index contributed by atoms with van der Waals surface area (Å²) in [6.45, 7) is 0.0553. The molecule has 0 atom stereocenters. The minimum absolute atomic E-state index is 0.0553. The molecule has 0 aliphatic rings. The first-order valence-corrected chi connectivity index (χ1v) is 6.67. The molecule has 0 fully saturated rings. The van der Waals surface area contributed by atoms with Crippen LogP contribution in [-0.4, -0.2) is 17.6 Å². The summed E-state index contributed by atoms with van der Waals surface area (Å²) in [6, 6.07) is 12.9. The fraction of sp³-hybridized carbons (Fsp3) is 0.133. The lowest BCUT2D eigenvalue weighted by atomic mass is 10.3. The zero-order valence-corrected chi connectivity index (χ0v) is 11.0. The molecule has 0 unspecified atom stereocenters. The molecule has 0 aliphatic carbocycles. The van der Waals surface area contributed by atoms with Gasteiger partial charge in [0.1, 0.15) is 0 Å². The fourth-order valence-electron chi connectivity index (χ4n) is 1.45. The molecule has 4 heteroatoms. The topological polar surface area (TPSA) is 49.3 Å². The first-order valence-electron chi connectivity index (χ1n) is 5.85. The van der Waals surface area contributed by atoms with Gasteiger partial charge in [-0.25, -0.2) is 0 Å². The monoisotopic (exact) mass is 271 g/mol. The van der Waals surface area contributed by atoms with Crippen molar-refractivity contribution in [2.45, 2.75) is 6.42 Å². The molecule has 0 spiro atoms. The van der Waals surface area contributed by atoms with Crippen LogP contribution in [0.1, 0.15) is 21.0 Å². The summed E-state index contributed by atoms with van der Waals surface area (Å²) in [5, 5.41) is 11.5. The van der Waals surface area contributed by atoms with Gasteiger partial charge in [-0.15, -0.1) is 11.3 Å². The Hall–Kier alpha value is -2.09. The summed E-state index contributed by atoms with van der Waals surface area (Å²) in [7, 11) is 0. The molecule has 96 valence electrons. The summed E-state index contributed by atoms with van der Waals surface area (Å²) in [4.78, 5) is 13.4. The van der Waals surface area contributed by atoms with E-state index >= 15 is 0 Å². The molecule has 1 heterocycles. The van der Waals surface area contributed by atoms with E-state index < -0.39 is 0 Å². The summed E-state index contributed by atoms with van der Waals surface area (Å²) < 4.78 is 0. The number of hydrogen-bond acceptors (Lipinski definition) is 3. The number of aliphatic hydroxyl groups excluding tert-OH is 1. The van der Waals surface area contributed by atoms with Crippen molar-refractivity contribution in [2.75, 3.05) is 11.9 Å². The maximum absolute atomic E-state index is 12.0. The number of carbonyl (C=O) groups is 1. The molecule has 0 radical (unpaired) electrons. The van der Waals surface area contributed by atoms with Crippen molar-refractivity contribution in [3.05, 3.63) is 52.2 Å². The average molecular weight is 271 g/mol. The highest BCUT2D eigenvalue weighted by molar-refractivity contribution is 7.14. The smallest absolute Gasteiger partial charge is 0.265 e. The molecule has 1 aromatic carbocycles. The molecule has 0 bridgehead atoms. The molecule has 2 N–H and O–H groups in total. The van der Waals surface area contributed by atoms with Gasteiger partial charge in [0.05, 0.1) is 16.4 Å². The molecule has 1 amide bonds. The minimum atomic E-state index is -0.133. The Morgan fingerprint density at radius 1 is 1.21 bits per heavy atom. The first kappa shape index (κ1) is 13.3. The minimum Gasteiger partial charge on any atom is -0.395 e. The van der Waals surface area contributed by atoms with E-state index in [1.54, 1.807) is 6.07 Å². The number of nitrogens with one attached hydrogen (secondary N) is 1. The predicted molar refractivity (Wildman–Crippen MR) is 77.3 cm³/mol. The van der Waals surface area contributed by atoms with Crippen LogP contribution in [0.25, 0.3) is 0 Å². The largest absolute Gasteiger partial charge is 0.395 e. The zero-order valence-electron chi connectivity index (χ0n) is 10.2. The second-order valence-corrected chi connectivity index (χ2v) is 4.84. The number of rotatable bonds is 3. The average Bonchev–Trinajstić information content (AvgIpc) is 2.89. The van der Waals surface area contributed by atoms with Gasteiger partial charge in [-0.2, -0.15) is 0 Å². The normalized spacial score (nSPS) is 9.53. The highest BCUT2D eigenvalue weighted by Gasteiger charge is 2.08. The summed E-state index contributed by atoms with van der Waals surface area (Å²) >= 11 is 1.34. The highest BCUT2D eigenvalue weighted by Crippen LogP contribution is 2.17. The second kappa shape index (κ2) is 6.74. The van der Waals surface area contributed by atoms with Gasteiger partial charge in [0.2, 0.25) is 0 Å². The second-order valence-electron chi connectivity index (χ2n) is 3.76. The van der Waals surface area contributed by atoms with Crippen molar-refractivity contribution in [1.29, 1.82) is 0 Å². The van der Waals surface area contributed by atoms with E-state index in [9.17, 15) is 4.79 Å². The highest BCUT2D eigenvalue weighted by atomic mass is 32.1. The van der Waals surface area contributed by atoms with Crippen LogP contribution in [0.3, 0.4) is 0 Å². The van der Waals surface area contributed by atoms with Gasteiger partial charge in [-0.1, -0.05) is 30.0 Å². The summed E-state index contributed by atoms with van der Waals surface area (Å²) in [5.74, 6) is 5.61. The lowest BCUT2D eigenvalue weighted by molar-refractivity contribution is 0.103. The molecule has 1 aromatic heterocycles. The third-order valence-corrected chi connectivity index (χ3v) is 3.31. The van der Waals surface area contributed by atoms with E-state index in [0.717, 1.165) is 10.6 Å². The Morgan fingerprint density at radius 3 is 2.74 bits per heavy atom. The third kappa shape index (κ3) is 3.95. The Labute approximate surface area is 115 Å².